The van der Waals surface area contributed by atoms with Crippen LogP contribution in [0.4, 0.5) is 0 Å². The van der Waals surface area contributed by atoms with Crippen LogP contribution in [0, 0.1) is 0 Å². The fourth-order valence-electron chi connectivity index (χ4n) is 1.81. The van der Waals surface area contributed by atoms with Crippen molar-refractivity contribution in [1.29, 1.82) is 0 Å². The first-order chi connectivity index (χ1) is 8.49. The van der Waals surface area contributed by atoms with Crippen LogP contribution < -0.4 is 0 Å². The summed E-state index contributed by atoms with van der Waals surface area (Å²) in [5, 5.41) is 9.39. The van der Waals surface area contributed by atoms with Crippen LogP contribution in [-0.4, -0.2) is 17.4 Å². The molecule has 0 spiro atoms. The molecule has 1 aliphatic rings. The van der Waals surface area contributed by atoms with Gasteiger partial charge in [-0.1, -0.05) is 23.3 Å². The molecule has 1 N–H and O–H groups in total. The third kappa shape index (κ3) is 5.32. The average Bonchev–Trinajstić information content (AvgIpc) is 2.57. The minimum Gasteiger partial charge on any atom is -0.429 e. The van der Waals surface area contributed by atoms with Crippen molar-refractivity contribution in [2.24, 2.45) is 0 Å². The average molecular weight is 250 g/mol. The van der Waals surface area contributed by atoms with E-state index < -0.39 is 12.3 Å². The van der Waals surface area contributed by atoms with Crippen LogP contribution in [0.3, 0.4) is 0 Å². The molecule has 0 aromatic heterocycles. The van der Waals surface area contributed by atoms with Crippen LogP contribution in [0.5, 0.6) is 0 Å². The van der Waals surface area contributed by atoms with E-state index in [2.05, 4.69) is 37.7 Å². The minimum atomic E-state index is -1.03. The lowest BCUT2D eigenvalue weighted by molar-refractivity contribution is -0.151. The van der Waals surface area contributed by atoms with Crippen molar-refractivity contribution in [2.75, 3.05) is 0 Å². The second-order valence-corrected chi connectivity index (χ2v) is 4.92. The maximum absolute atomic E-state index is 10.9. The molecule has 0 saturated heterocycles. The molecule has 1 rings (SSSR count). The molecular weight excluding hydrogens is 228 g/mol. The Balaban J connectivity index is 2.29. The largest absolute Gasteiger partial charge is 0.429 e. The molecule has 0 fully saturated rings. The van der Waals surface area contributed by atoms with Gasteiger partial charge in [0.05, 0.1) is 0 Å². The highest BCUT2D eigenvalue weighted by molar-refractivity contribution is 5.85. The summed E-state index contributed by atoms with van der Waals surface area (Å²) in [6, 6.07) is 0. The first-order valence-corrected chi connectivity index (χ1v) is 6.37. The fourth-order valence-corrected chi connectivity index (χ4v) is 1.81. The van der Waals surface area contributed by atoms with Gasteiger partial charge >= 0.3 is 5.97 Å². The summed E-state index contributed by atoms with van der Waals surface area (Å²) in [4.78, 5) is 10.9. The number of allylic oxidation sites excluding steroid dienone is 4. The van der Waals surface area contributed by atoms with Gasteiger partial charge in [0, 0.05) is 11.6 Å². The molecule has 0 amide bonds. The van der Waals surface area contributed by atoms with Gasteiger partial charge in [0.25, 0.3) is 0 Å². The lowest BCUT2D eigenvalue weighted by Gasteiger charge is -2.06. The Morgan fingerprint density at radius 3 is 2.61 bits per heavy atom. The van der Waals surface area contributed by atoms with Gasteiger partial charge in [0.2, 0.25) is 6.29 Å². The highest BCUT2D eigenvalue weighted by Crippen LogP contribution is 2.19. The molecule has 1 unspecified atom stereocenters. The number of esters is 1. The smallest absolute Gasteiger partial charge is 0.333 e. The third-order valence-electron chi connectivity index (χ3n) is 2.87. The van der Waals surface area contributed by atoms with Gasteiger partial charge in [-0.3, -0.25) is 0 Å². The first kappa shape index (κ1) is 14.7. The van der Waals surface area contributed by atoms with E-state index in [1.165, 1.54) is 17.2 Å². The van der Waals surface area contributed by atoms with E-state index in [4.69, 9.17) is 0 Å². The quantitative estimate of drug-likeness (QED) is 0.581. The predicted octanol–water partition coefficient (Wildman–Crippen LogP) is 3.26. The molecule has 0 radical (unpaired) electrons. The van der Waals surface area contributed by atoms with Crippen LogP contribution in [0.25, 0.3) is 0 Å². The van der Waals surface area contributed by atoms with Gasteiger partial charge < -0.3 is 9.84 Å². The zero-order valence-corrected chi connectivity index (χ0v) is 11.4. The number of ether oxygens (including phenoxy) is 1. The standard InChI is InChI=1S/C15H22O3/c1-11(2)6-4-7-12(3)8-5-9-13-10-14(16)18-15(13)17/h6,8,10,15,17H,4-5,7,9H2,1-3H3. The van der Waals surface area contributed by atoms with Crippen LogP contribution in [0.2, 0.25) is 0 Å². The molecule has 0 aromatic rings. The number of aliphatic hydroxyl groups excluding tert-OH is 1. The Bertz CT molecular complexity index is 385. The van der Waals surface area contributed by atoms with Crippen molar-refractivity contribution in [3.63, 3.8) is 0 Å². The van der Waals surface area contributed by atoms with E-state index in [1.54, 1.807) is 0 Å². The molecule has 18 heavy (non-hydrogen) atoms. The Morgan fingerprint density at radius 1 is 1.33 bits per heavy atom. The van der Waals surface area contributed by atoms with E-state index in [-0.39, 0.29) is 0 Å². The Kier molecular flexibility index (Phi) is 5.86. The molecule has 1 heterocycles. The summed E-state index contributed by atoms with van der Waals surface area (Å²) in [5.74, 6) is -0.443. The molecule has 1 atom stereocenters. The number of hydrogen-bond donors (Lipinski definition) is 1. The van der Waals surface area contributed by atoms with Crippen molar-refractivity contribution in [3.05, 3.63) is 34.9 Å². The van der Waals surface area contributed by atoms with Crippen molar-refractivity contribution >= 4 is 5.97 Å². The molecule has 3 nitrogen and oxygen atoms in total. The summed E-state index contributed by atoms with van der Waals surface area (Å²) in [7, 11) is 0. The molecule has 0 aromatic carbocycles. The second kappa shape index (κ2) is 7.17. The SMILES string of the molecule is CC(C)=CCCC(C)=CCCC1=CC(=O)OC1O. The summed E-state index contributed by atoms with van der Waals surface area (Å²) >= 11 is 0. The first-order valence-electron chi connectivity index (χ1n) is 6.37. The van der Waals surface area contributed by atoms with E-state index in [1.807, 2.05) is 0 Å². The van der Waals surface area contributed by atoms with E-state index in [0.717, 1.165) is 19.3 Å². The second-order valence-electron chi connectivity index (χ2n) is 4.92. The molecule has 0 aliphatic carbocycles. The molecule has 100 valence electrons. The molecule has 0 saturated carbocycles. The Labute approximate surface area is 109 Å². The van der Waals surface area contributed by atoms with Gasteiger partial charge in [-0.2, -0.15) is 0 Å². The summed E-state index contributed by atoms with van der Waals surface area (Å²) in [5.41, 5.74) is 3.36. The van der Waals surface area contributed by atoms with Gasteiger partial charge in [-0.25, -0.2) is 4.79 Å². The molecule has 3 heteroatoms. The maximum atomic E-state index is 10.9. The van der Waals surface area contributed by atoms with Crippen molar-refractivity contribution in [1.82, 2.24) is 0 Å². The zero-order chi connectivity index (χ0) is 13.5. The summed E-state index contributed by atoms with van der Waals surface area (Å²) in [6.45, 7) is 6.31. The van der Waals surface area contributed by atoms with Gasteiger partial charge in [-0.15, -0.1) is 0 Å². The lowest BCUT2D eigenvalue weighted by Crippen LogP contribution is -2.09. The summed E-state index contributed by atoms with van der Waals surface area (Å²) in [6.07, 6.45) is 8.38. The molecular formula is C15H22O3. The van der Waals surface area contributed by atoms with Crippen LogP contribution in [0.1, 0.15) is 46.5 Å². The third-order valence-corrected chi connectivity index (χ3v) is 2.87. The normalized spacial score (nSPS) is 19.6. The minimum absolute atomic E-state index is 0.443. The Hall–Kier alpha value is -1.35. The van der Waals surface area contributed by atoms with Crippen LogP contribution >= 0.6 is 0 Å². The highest BCUT2D eigenvalue weighted by atomic mass is 16.6. The number of rotatable bonds is 6. The van der Waals surface area contributed by atoms with Crippen molar-refractivity contribution < 1.29 is 14.6 Å². The Morgan fingerprint density at radius 2 is 2.06 bits per heavy atom. The lowest BCUT2D eigenvalue weighted by atomic mass is 10.1. The predicted molar refractivity (Wildman–Crippen MR) is 71.8 cm³/mol. The van der Waals surface area contributed by atoms with Gasteiger partial charge in [0.1, 0.15) is 0 Å². The molecule has 0 bridgehead atoms. The maximum Gasteiger partial charge on any atom is 0.333 e. The number of carbonyl (C=O) groups excluding carboxylic acids is 1. The fraction of sp³-hybridized carbons (Fsp3) is 0.533. The zero-order valence-electron chi connectivity index (χ0n) is 11.4. The van der Waals surface area contributed by atoms with Crippen LogP contribution in [0.15, 0.2) is 34.9 Å². The number of cyclic esters (lactones) is 1. The number of hydrogen-bond acceptors (Lipinski definition) is 3. The molecule has 1 aliphatic heterocycles. The monoisotopic (exact) mass is 250 g/mol. The number of carbonyl (C=O) groups is 1. The van der Waals surface area contributed by atoms with E-state index in [0.29, 0.717) is 12.0 Å². The van der Waals surface area contributed by atoms with E-state index in [9.17, 15) is 9.90 Å². The van der Waals surface area contributed by atoms with Crippen molar-refractivity contribution in [2.45, 2.75) is 52.7 Å². The van der Waals surface area contributed by atoms with Gasteiger partial charge in [0.15, 0.2) is 0 Å². The van der Waals surface area contributed by atoms with Crippen LogP contribution in [-0.2, 0) is 9.53 Å². The number of aliphatic hydroxyl groups is 1. The highest BCUT2D eigenvalue weighted by Gasteiger charge is 2.22. The van der Waals surface area contributed by atoms with E-state index >= 15 is 0 Å². The topological polar surface area (TPSA) is 46.5 Å². The summed E-state index contributed by atoms with van der Waals surface area (Å²) < 4.78 is 4.62. The van der Waals surface area contributed by atoms with Crippen molar-refractivity contribution in [3.8, 4) is 0 Å². The van der Waals surface area contributed by atoms with Gasteiger partial charge in [-0.05, 0) is 46.5 Å².